The van der Waals surface area contributed by atoms with Gasteiger partial charge in [0.25, 0.3) is 0 Å². The van der Waals surface area contributed by atoms with E-state index >= 15 is 0 Å². The van der Waals surface area contributed by atoms with Crippen molar-refractivity contribution < 1.29 is 9.59 Å². The molecule has 2 aliphatic heterocycles. The molecule has 2 N–H and O–H groups in total. The van der Waals surface area contributed by atoms with Crippen LogP contribution in [0.25, 0.3) is 0 Å². The minimum absolute atomic E-state index is 0.0426. The van der Waals surface area contributed by atoms with E-state index in [2.05, 4.69) is 17.6 Å². The van der Waals surface area contributed by atoms with Crippen LogP contribution < -0.4 is 10.6 Å². The van der Waals surface area contributed by atoms with Gasteiger partial charge in [0.1, 0.15) is 6.04 Å². The minimum atomic E-state index is -0.308. The molecule has 102 valence electrons. The van der Waals surface area contributed by atoms with Crippen LogP contribution in [-0.2, 0) is 9.59 Å². The first-order chi connectivity index (χ1) is 8.59. The predicted molar refractivity (Wildman–Crippen MR) is 69.0 cm³/mol. The third-order valence-corrected chi connectivity index (χ3v) is 4.19. The number of nitrogens with one attached hydrogen (secondary N) is 2. The van der Waals surface area contributed by atoms with E-state index in [1.54, 1.807) is 11.9 Å². The highest BCUT2D eigenvalue weighted by Gasteiger charge is 2.42. The zero-order valence-electron chi connectivity index (χ0n) is 11.3. The lowest BCUT2D eigenvalue weighted by atomic mass is 9.81. The molecular weight excluding hydrogens is 230 g/mol. The Kier molecular flexibility index (Phi) is 3.90. The van der Waals surface area contributed by atoms with Gasteiger partial charge in [0.15, 0.2) is 0 Å². The van der Waals surface area contributed by atoms with Crippen molar-refractivity contribution in [2.45, 2.75) is 38.6 Å². The van der Waals surface area contributed by atoms with Gasteiger partial charge in [0.05, 0.1) is 5.41 Å². The fraction of sp³-hybridized carbons (Fsp3) is 0.846. The lowest BCUT2D eigenvalue weighted by molar-refractivity contribution is -0.136. The number of likely N-dealkylation sites (N-methyl/N-ethyl adjacent to an activating group) is 1. The maximum Gasteiger partial charge on any atom is 0.244 e. The average Bonchev–Trinajstić information content (AvgIpc) is 2.93. The summed E-state index contributed by atoms with van der Waals surface area (Å²) in [5.74, 6) is 0.101. The summed E-state index contributed by atoms with van der Waals surface area (Å²) in [5, 5.41) is 6.22. The van der Waals surface area contributed by atoms with Crippen LogP contribution in [0.5, 0.6) is 0 Å². The van der Waals surface area contributed by atoms with Crippen LogP contribution in [0.3, 0.4) is 0 Å². The predicted octanol–water partition coefficient (Wildman–Crippen LogP) is 0.113. The van der Waals surface area contributed by atoms with E-state index in [1.807, 2.05) is 0 Å². The first-order valence-corrected chi connectivity index (χ1v) is 6.86. The van der Waals surface area contributed by atoms with Crippen molar-refractivity contribution in [3.8, 4) is 0 Å². The van der Waals surface area contributed by atoms with E-state index in [4.69, 9.17) is 0 Å². The Hall–Kier alpha value is -1.10. The SMILES string of the molecule is CCCC1(C(=O)NC2CCN(C)C2=O)CCNC1. The van der Waals surface area contributed by atoms with Gasteiger partial charge in [-0.3, -0.25) is 9.59 Å². The lowest BCUT2D eigenvalue weighted by Gasteiger charge is -2.27. The van der Waals surface area contributed by atoms with Crippen LogP contribution in [0, 0.1) is 5.41 Å². The molecule has 0 spiro atoms. The Balaban J connectivity index is 2.00. The molecule has 2 atom stereocenters. The van der Waals surface area contributed by atoms with Crippen molar-refractivity contribution in [3.63, 3.8) is 0 Å². The van der Waals surface area contributed by atoms with Crippen molar-refractivity contribution in [3.05, 3.63) is 0 Å². The number of nitrogens with zero attached hydrogens (tertiary/aromatic N) is 1. The molecule has 5 heteroatoms. The topological polar surface area (TPSA) is 61.4 Å². The van der Waals surface area contributed by atoms with Gasteiger partial charge >= 0.3 is 0 Å². The molecule has 5 nitrogen and oxygen atoms in total. The second-order valence-corrected chi connectivity index (χ2v) is 5.53. The molecule has 18 heavy (non-hydrogen) atoms. The fourth-order valence-corrected chi connectivity index (χ4v) is 3.01. The molecule has 0 aromatic rings. The van der Waals surface area contributed by atoms with Crippen molar-refractivity contribution in [2.75, 3.05) is 26.7 Å². The van der Waals surface area contributed by atoms with Crippen LogP contribution in [0.15, 0.2) is 0 Å². The highest BCUT2D eigenvalue weighted by atomic mass is 16.2. The summed E-state index contributed by atoms with van der Waals surface area (Å²) in [4.78, 5) is 25.9. The van der Waals surface area contributed by atoms with Crippen molar-refractivity contribution in [1.82, 2.24) is 15.5 Å². The van der Waals surface area contributed by atoms with Gasteiger partial charge in [-0.1, -0.05) is 13.3 Å². The van der Waals surface area contributed by atoms with Crippen LogP contribution in [0.1, 0.15) is 32.6 Å². The minimum Gasteiger partial charge on any atom is -0.344 e. The molecular formula is C13H23N3O2. The number of hydrogen-bond acceptors (Lipinski definition) is 3. The number of hydrogen-bond donors (Lipinski definition) is 2. The van der Waals surface area contributed by atoms with Crippen LogP contribution in [0.4, 0.5) is 0 Å². The molecule has 2 aliphatic rings. The molecule has 2 amide bonds. The standard InChI is InChI=1S/C13H23N3O2/c1-3-5-13(6-7-14-9-13)12(18)15-10-4-8-16(2)11(10)17/h10,14H,3-9H2,1-2H3,(H,15,18). The number of carbonyl (C=O) groups excluding carboxylic acids is 2. The van der Waals surface area contributed by atoms with Gasteiger partial charge in [-0.05, 0) is 25.8 Å². The number of amides is 2. The molecule has 0 saturated carbocycles. The lowest BCUT2D eigenvalue weighted by Crippen LogP contribution is -2.49. The Morgan fingerprint density at radius 3 is 2.89 bits per heavy atom. The van der Waals surface area contributed by atoms with Gasteiger partial charge < -0.3 is 15.5 Å². The molecule has 0 aromatic heterocycles. The van der Waals surface area contributed by atoms with Gasteiger partial charge in [0, 0.05) is 20.1 Å². The van der Waals surface area contributed by atoms with Gasteiger partial charge in [-0.25, -0.2) is 0 Å². The van der Waals surface area contributed by atoms with Crippen molar-refractivity contribution in [2.24, 2.45) is 5.41 Å². The van der Waals surface area contributed by atoms with E-state index < -0.39 is 0 Å². The third-order valence-electron chi connectivity index (χ3n) is 4.19. The Labute approximate surface area is 108 Å². The average molecular weight is 253 g/mol. The van der Waals surface area contributed by atoms with Crippen molar-refractivity contribution in [1.29, 1.82) is 0 Å². The summed E-state index contributed by atoms with van der Waals surface area (Å²) in [7, 11) is 1.79. The highest BCUT2D eigenvalue weighted by Crippen LogP contribution is 2.31. The Morgan fingerprint density at radius 1 is 1.61 bits per heavy atom. The Morgan fingerprint density at radius 2 is 2.39 bits per heavy atom. The third kappa shape index (κ3) is 2.36. The normalized spacial score (nSPS) is 32.0. The van der Waals surface area contributed by atoms with E-state index in [1.165, 1.54) is 0 Å². The molecule has 2 saturated heterocycles. The molecule has 2 fully saturated rings. The largest absolute Gasteiger partial charge is 0.344 e. The fourth-order valence-electron chi connectivity index (χ4n) is 3.01. The van der Waals surface area contributed by atoms with Gasteiger partial charge in [-0.15, -0.1) is 0 Å². The van der Waals surface area contributed by atoms with Crippen LogP contribution in [-0.4, -0.2) is 49.4 Å². The zero-order valence-corrected chi connectivity index (χ0v) is 11.3. The molecule has 2 rings (SSSR count). The first-order valence-electron chi connectivity index (χ1n) is 6.86. The van der Waals surface area contributed by atoms with Crippen LogP contribution in [0.2, 0.25) is 0 Å². The molecule has 0 aliphatic carbocycles. The van der Waals surface area contributed by atoms with Crippen molar-refractivity contribution >= 4 is 11.8 Å². The molecule has 0 bridgehead atoms. The van der Waals surface area contributed by atoms with Crippen LogP contribution >= 0.6 is 0 Å². The maximum atomic E-state index is 12.4. The highest BCUT2D eigenvalue weighted by molar-refractivity contribution is 5.91. The van der Waals surface area contributed by atoms with Gasteiger partial charge in [-0.2, -0.15) is 0 Å². The smallest absolute Gasteiger partial charge is 0.244 e. The monoisotopic (exact) mass is 253 g/mol. The quantitative estimate of drug-likeness (QED) is 0.748. The van der Waals surface area contributed by atoms with Gasteiger partial charge in [0.2, 0.25) is 11.8 Å². The summed E-state index contributed by atoms with van der Waals surface area (Å²) in [6.45, 7) is 4.47. The Bertz CT molecular complexity index is 337. The second kappa shape index (κ2) is 5.26. The molecule has 0 radical (unpaired) electrons. The summed E-state index contributed by atoms with van der Waals surface area (Å²) in [6.07, 6.45) is 3.50. The zero-order chi connectivity index (χ0) is 13.2. The summed E-state index contributed by atoms with van der Waals surface area (Å²) < 4.78 is 0. The number of rotatable bonds is 4. The second-order valence-electron chi connectivity index (χ2n) is 5.53. The number of likely N-dealkylation sites (tertiary alicyclic amines) is 1. The first kappa shape index (κ1) is 13.3. The van der Waals surface area contributed by atoms with E-state index in [0.29, 0.717) is 0 Å². The summed E-state index contributed by atoms with van der Waals surface area (Å²) >= 11 is 0. The number of carbonyl (C=O) groups is 2. The van der Waals surface area contributed by atoms with E-state index in [0.717, 1.165) is 45.3 Å². The van der Waals surface area contributed by atoms with E-state index in [9.17, 15) is 9.59 Å². The molecule has 0 aromatic carbocycles. The maximum absolute atomic E-state index is 12.4. The molecule has 2 unspecified atom stereocenters. The van der Waals surface area contributed by atoms with E-state index in [-0.39, 0.29) is 23.3 Å². The summed E-state index contributed by atoms with van der Waals surface area (Å²) in [5.41, 5.74) is -0.295. The molecule has 2 heterocycles. The summed E-state index contributed by atoms with van der Waals surface area (Å²) in [6, 6.07) is -0.308.